The van der Waals surface area contributed by atoms with Gasteiger partial charge in [-0.05, 0) is 31.3 Å². The van der Waals surface area contributed by atoms with Crippen LogP contribution < -0.4 is 0 Å². The third-order valence-electron chi connectivity index (χ3n) is 6.50. The van der Waals surface area contributed by atoms with Crippen LogP contribution in [0.5, 0.6) is 0 Å². The van der Waals surface area contributed by atoms with E-state index in [9.17, 15) is 39.5 Å². The maximum Gasteiger partial charge on any atom is 0.460 e. The van der Waals surface area contributed by atoms with Crippen LogP contribution in [0.25, 0.3) is 0 Å². The zero-order valence-electron chi connectivity index (χ0n) is 18.7. The zero-order valence-corrected chi connectivity index (χ0v) is 18.7. The summed E-state index contributed by atoms with van der Waals surface area (Å²) in [5.74, 6) is -19.1. The monoisotopic (exact) mass is 494 g/mol. The van der Waals surface area contributed by atoms with E-state index in [0.717, 1.165) is 63.9 Å². The van der Waals surface area contributed by atoms with Gasteiger partial charge in [-0.25, -0.2) is 0 Å². The molecule has 192 valence electrons. The number of rotatable bonds is 4. The fourth-order valence-electron chi connectivity index (χ4n) is 4.37. The zero-order chi connectivity index (χ0) is 25.0. The summed E-state index contributed by atoms with van der Waals surface area (Å²) in [5.41, 5.74) is 2.11. The van der Waals surface area contributed by atoms with E-state index >= 15 is 0 Å². The minimum absolute atomic E-state index is 0.107. The van der Waals surface area contributed by atoms with Gasteiger partial charge in [-0.3, -0.25) is 0 Å². The first kappa shape index (κ1) is 28.1. The van der Waals surface area contributed by atoms with Crippen LogP contribution in [-0.2, 0) is 4.74 Å². The summed E-state index contributed by atoms with van der Waals surface area (Å²) in [4.78, 5) is 0. The lowest BCUT2D eigenvalue weighted by Crippen LogP contribution is -2.61. The molecule has 1 saturated carbocycles. The third kappa shape index (κ3) is 6.50. The summed E-state index contributed by atoms with van der Waals surface area (Å²) in [6.07, 6.45) is 1.80. The molecule has 0 bridgehead atoms. The van der Waals surface area contributed by atoms with Crippen molar-refractivity contribution in [1.29, 1.82) is 0 Å². The predicted molar refractivity (Wildman–Crippen MR) is 106 cm³/mol. The van der Waals surface area contributed by atoms with Crippen LogP contribution in [-0.4, -0.2) is 37.2 Å². The van der Waals surface area contributed by atoms with Crippen LogP contribution in [0.3, 0.4) is 0 Å². The Morgan fingerprint density at radius 2 is 1.18 bits per heavy atom. The van der Waals surface area contributed by atoms with Gasteiger partial charge in [0.25, 0.3) is 0 Å². The van der Waals surface area contributed by atoms with Crippen LogP contribution in [0.1, 0.15) is 84.0 Å². The first-order chi connectivity index (χ1) is 15.1. The number of ether oxygens (including phenoxy) is 1. The fourth-order valence-corrected chi connectivity index (χ4v) is 4.37. The predicted octanol–water partition coefficient (Wildman–Crippen LogP) is 8.64. The van der Waals surface area contributed by atoms with Gasteiger partial charge in [-0.15, -0.1) is 5.73 Å². The molecule has 10 heteroatoms. The maximum absolute atomic E-state index is 14.3. The molecule has 2 fully saturated rings. The van der Waals surface area contributed by atoms with Crippen LogP contribution in [0.15, 0.2) is 16.9 Å². The van der Waals surface area contributed by atoms with E-state index in [-0.39, 0.29) is 12.2 Å². The average Bonchev–Trinajstić information content (AvgIpc) is 3.01. The normalized spacial score (nSPS) is 25.4. The molecule has 0 aromatic carbocycles. The summed E-state index contributed by atoms with van der Waals surface area (Å²) < 4.78 is 125. The number of hydrogen-bond acceptors (Lipinski definition) is 1. The molecule has 0 spiro atoms. The van der Waals surface area contributed by atoms with Gasteiger partial charge in [0.15, 0.2) is 0 Å². The third-order valence-corrected chi connectivity index (χ3v) is 6.50. The molecule has 0 aromatic rings. The first-order valence-corrected chi connectivity index (χ1v) is 11.4. The summed E-state index contributed by atoms with van der Waals surface area (Å²) in [6.45, 7) is 0.414. The van der Waals surface area contributed by atoms with E-state index in [0.29, 0.717) is 12.8 Å². The molecule has 0 radical (unpaired) electrons. The van der Waals surface area contributed by atoms with Gasteiger partial charge in [0.2, 0.25) is 0 Å². The second-order valence-corrected chi connectivity index (χ2v) is 9.47. The van der Waals surface area contributed by atoms with Crippen molar-refractivity contribution >= 4 is 0 Å². The topological polar surface area (TPSA) is 9.23 Å². The van der Waals surface area contributed by atoms with Gasteiger partial charge in [0.05, 0.1) is 13.2 Å². The summed E-state index contributed by atoms with van der Waals surface area (Å²) in [5, 5.41) is 0. The molecule has 1 unspecified atom stereocenters. The smallest absolute Gasteiger partial charge is 0.376 e. The Labute approximate surface area is 188 Å². The molecule has 1 aliphatic heterocycles. The Kier molecular flexibility index (Phi) is 9.05. The molecule has 1 saturated heterocycles. The highest BCUT2D eigenvalue weighted by atomic mass is 19.4. The highest BCUT2D eigenvalue weighted by molar-refractivity contribution is 5.22. The van der Waals surface area contributed by atoms with Gasteiger partial charge >= 0.3 is 23.9 Å². The lowest BCUT2D eigenvalue weighted by atomic mass is 9.77. The number of alkyl halides is 9. The molecule has 0 N–H and O–H groups in total. The summed E-state index contributed by atoms with van der Waals surface area (Å²) in [6, 6.07) is 0. The van der Waals surface area contributed by atoms with Crippen LogP contribution >= 0.6 is 0 Å². The molecular weight excluding hydrogens is 463 g/mol. The molecule has 1 heterocycles. The molecule has 2 rings (SSSR count). The Balaban J connectivity index is 2.31. The molecule has 2 aliphatic rings. The highest BCUT2D eigenvalue weighted by Gasteiger charge is 2.82. The lowest BCUT2D eigenvalue weighted by Gasteiger charge is -2.37. The Morgan fingerprint density at radius 3 is 1.64 bits per heavy atom. The van der Waals surface area contributed by atoms with Crippen molar-refractivity contribution in [2.75, 3.05) is 13.2 Å². The fraction of sp³-hybridized carbons (Fsp3) is 0.870. The largest absolute Gasteiger partial charge is 0.460 e. The molecule has 0 amide bonds. The quantitative estimate of drug-likeness (QED) is 0.281. The Morgan fingerprint density at radius 1 is 0.727 bits per heavy atom. The van der Waals surface area contributed by atoms with E-state index in [4.69, 9.17) is 4.74 Å². The number of hydrogen-bond donors (Lipinski definition) is 0. The maximum atomic E-state index is 14.3. The second kappa shape index (κ2) is 10.6. The van der Waals surface area contributed by atoms with Crippen molar-refractivity contribution in [1.82, 2.24) is 0 Å². The minimum Gasteiger partial charge on any atom is -0.376 e. The summed E-state index contributed by atoms with van der Waals surface area (Å²) in [7, 11) is 0. The highest BCUT2D eigenvalue weighted by Crippen LogP contribution is 2.57. The van der Waals surface area contributed by atoms with Crippen LogP contribution in [0.2, 0.25) is 0 Å². The van der Waals surface area contributed by atoms with Crippen molar-refractivity contribution in [3.8, 4) is 0 Å². The molecule has 1 atom stereocenters. The summed E-state index contributed by atoms with van der Waals surface area (Å²) >= 11 is 0. The van der Waals surface area contributed by atoms with Gasteiger partial charge in [0, 0.05) is 17.4 Å². The minimum atomic E-state index is -6.88. The average molecular weight is 494 g/mol. The van der Waals surface area contributed by atoms with Gasteiger partial charge in [-0.1, -0.05) is 51.9 Å². The van der Waals surface area contributed by atoms with Crippen molar-refractivity contribution in [2.24, 2.45) is 5.41 Å². The lowest BCUT2D eigenvalue weighted by molar-refractivity contribution is -0.398. The van der Waals surface area contributed by atoms with E-state index in [1.807, 2.05) is 0 Å². The first-order valence-electron chi connectivity index (χ1n) is 11.4. The van der Waals surface area contributed by atoms with Gasteiger partial charge in [-0.2, -0.15) is 39.5 Å². The van der Waals surface area contributed by atoms with E-state index < -0.39 is 42.4 Å². The standard InChI is InChI=1S/C23H31F9O/c1-19(15-20(24,25)21(26,27)22(28,29)23(30,31)32)16-33-14-18(19)13-17-11-9-7-5-3-2-4-6-8-10-12-17/h2-12,14-16H2,1H3. The van der Waals surface area contributed by atoms with Crippen molar-refractivity contribution < 1.29 is 44.3 Å². The van der Waals surface area contributed by atoms with Crippen molar-refractivity contribution in [2.45, 2.75) is 108 Å². The second-order valence-electron chi connectivity index (χ2n) is 9.47. The molecule has 1 aliphatic carbocycles. The van der Waals surface area contributed by atoms with Gasteiger partial charge < -0.3 is 4.74 Å². The molecule has 33 heavy (non-hydrogen) atoms. The van der Waals surface area contributed by atoms with Crippen LogP contribution in [0.4, 0.5) is 39.5 Å². The van der Waals surface area contributed by atoms with E-state index in [2.05, 4.69) is 5.73 Å². The van der Waals surface area contributed by atoms with E-state index in [1.54, 1.807) is 0 Å². The Hall–Kier alpha value is -1.15. The van der Waals surface area contributed by atoms with Crippen molar-refractivity contribution in [3.63, 3.8) is 0 Å². The molecule has 1 nitrogen and oxygen atoms in total. The van der Waals surface area contributed by atoms with Gasteiger partial charge in [0.1, 0.15) is 0 Å². The number of halogens is 9. The Bertz CT molecular complexity index is 706. The SMILES string of the molecule is CC1(CC(F)(F)C(F)(F)C(F)(F)C(F)(F)F)COCC1=C=C1CCCCCCCCCCC1. The molecular formula is C23H31F9O. The van der Waals surface area contributed by atoms with Crippen LogP contribution in [0, 0.1) is 5.41 Å². The van der Waals surface area contributed by atoms with E-state index in [1.165, 1.54) is 6.42 Å². The van der Waals surface area contributed by atoms with Crippen molar-refractivity contribution in [3.05, 3.63) is 16.9 Å². The molecule has 0 aromatic heterocycles.